The summed E-state index contributed by atoms with van der Waals surface area (Å²) in [7, 11) is 0. The molecule has 25 heavy (non-hydrogen) atoms. The second-order valence-electron chi connectivity index (χ2n) is 3.83. The largest absolute Gasteiger partial charge is 0.0776 e. The molecule has 0 atom stereocenters. The first-order valence-electron chi connectivity index (χ1n) is 9.74. The minimum atomic E-state index is 0. The lowest BCUT2D eigenvalue weighted by molar-refractivity contribution is 0.624. The molecule has 0 nitrogen and oxygen atoms in total. The van der Waals surface area contributed by atoms with E-state index in [0.717, 1.165) is 0 Å². The van der Waals surface area contributed by atoms with E-state index in [4.69, 9.17) is 0 Å². The molecule has 0 fully saturated rings. The van der Waals surface area contributed by atoms with Crippen LogP contribution in [0.3, 0.4) is 0 Å². The van der Waals surface area contributed by atoms with Gasteiger partial charge in [0, 0.05) is 0 Å². The van der Waals surface area contributed by atoms with Crippen molar-refractivity contribution in [2.45, 2.75) is 172 Å². The molecule has 0 spiro atoms. The van der Waals surface area contributed by atoms with Crippen LogP contribution in [0.4, 0.5) is 0 Å². The van der Waals surface area contributed by atoms with E-state index in [1.807, 2.05) is 41.5 Å². The van der Waals surface area contributed by atoms with Crippen molar-refractivity contribution in [2.24, 2.45) is 0 Å². The summed E-state index contributed by atoms with van der Waals surface area (Å²) in [5.74, 6) is 0. The van der Waals surface area contributed by atoms with Crippen LogP contribution >= 0.6 is 0 Å². The fourth-order valence-electron chi connectivity index (χ4n) is 0.854. The summed E-state index contributed by atoms with van der Waals surface area (Å²) < 4.78 is 0. The van der Waals surface area contributed by atoms with Gasteiger partial charge in [-0.05, 0) is 0 Å². The van der Waals surface area contributed by atoms with E-state index < -0.39 is 0 Å². The normalized spacial score (nSPS) is 5.28. The Morgan fingerprint density at radius 3 is 0.520 bits per heavy atom. The first kappa shape index (κ1) is 73.5. The molecule has 0 aromatic heterocycles. The Morgan fingerprint density at radius 2 is 0.440 bits per heavy atom. The second-order valence-corrected chi connectivity index (χ2v) is 3.83. The molecule has 0 radical (unpaired) electrons. The van der Waals surface area contributed by atoms with Crippen molar-refractivity contribution >= 4 is 0 Å². The van der Waals surface area contributed by atoms with Crippen LogP contribution in [-0.4, -0.2) is 0 Å². The third kappa shape index (κ3) is 465. The van der Waals surface area contributed by atoms with Gasteiger partial charge >= 0.3 is 0 Å². The van der Waals surface area contributed by atoms with Crippen molar-refractivity contribution in [2.75, 3.05) is 0 Å². The highest BCUT2D eigenvalue weighted by molar-refractivity contribution is 4.39. The van der Waals surface area contributed by atoms with Crippen molar-refractivity contribution in [3.05, 3.63) is 0 Å². The molecule has 0 bridgehead atoms. The number of hydrogen-bond donors (Lipinski definition) is 0. The third-order valence-corrected chi connectivity index (χ3v) is 1.46. The smallest absolute Gasteiger partial charge is 0.0533 e. The average molecular weight is 373 g/mol. The van der Waals surface area contributed by atoms with Gasteiger partial charge in [0.1, 0.15) is 0 Å². The van der Waals surface area contributed by atoms with Crippen LogP contribution in [0.25, 0.3) is 0 Å². The van der Waals surface area contributed by atoms with Gasteiger partial charge in [0.15, 0.2) is 0 Å². The monoisotopic (exact) mass is 373 g/mol. The predicted octanol–water partition coefficient (Wildman–Crippen LogP) is 12.5. The molecular weight excluding hydrogens is 300 g/mol. The zero-order valence-electron chi connectivity index (χ0n) is 17.7. The van der Waals surface area contributed by atoms with Gasteiger partial charge in [0.2, 0.25) is 0 Å². The fraction of sp³-hybridized carbons (Fsp3) is 1.00. The van der Waals surface area contributed by atoms with Crippen molar-refractivity contribution in [1.82, 2.24) is 0 Å². The highest BCUT2D eigenvalue weighted by Gasteiger charge is 1.83. The van der Waals surface area contributed by atoms with Crippen molar-refractivity contribution in [3.63, 3.8) is 0 Å². The van der Waals surface area contributed by atoms with Gasteiger partial charge in [-0.3, -0.25) is 0 Å². The number of unbranched alkanes of at least 4 members (excludes halogenated alkanes) is 5. The van der Waals surface area contributed by atoms with Gasteiger partial charge in [-0.2, -0.15) is 0 Å². The molecule has 0 aliphatic heterocycles. The van der Waals surface area contributed by atoms with Gasteiger partial charge in [-0.25, -0.2) is 0 Å². The molecule has 0 rings (SSSR count). The van der Waals surface area contributed by atoms with Gasteiger partial charge in [-0.15, -0.1) is 0 Å². The zero-order chi connectivity index (χ0) is 17.7. The summed E-state index contributed by atoms with van der Waals surface area (Å²) in [6.45, 7) is 25.0. The van der Waals surface area contributed by atoms with Gasteiger partial charge < -0.3 is 0 Å². The van der Waals surface area contributed by atoms with Crippen LogP contribution in [0.15, 0.2) is 0 Å². The van der Waals surface area contributed by atoms with Gasteiger partial charge in [-0.1, -0.05) is 172 Å². The van der Waals surface area contributed by atoms with Crippen molar-refractivity contribution in [1.29, 1.82) is 0 Å². The van der Waals surface area contributed by atoms with Crippen LogP contribution in [0.1, 0.15) is 172 Å². The Hall–Kier alpha value is 0. The minimum absolute atomic E-state index is 0. The van der Waals surface area contributed by atoms with E-state index in [-0.39, 0.29) is 37.1 Å². The van der Waals surface area contributed by atoms with E-state index in [9.17, 15) is 0 Å². The van der Waals surface area contributed by atoms with E-state index >= 15 is 0 Å². The highest BCUT2D eigenvalue weighted by atomic mass is 13.9. The third-order valence-electron chi connectivity index (χ3n) is 1.46. The topological polar surface area (TPSA) is 0 Å². The molecule has 0 aromatic carbocycles. The van der Waals surface area contributed by atoms with Crippen LogP contribution in [0.2, 0.25) is 0 Å². The number of hydrogen-bond acceptors (Lipinski definition) is 0. The van der Waals surface area contributed by atoms with Crippen LogP contribution in [-0.2, 0) is 0 Å². The number of rotatable bonds is 5. The molecule has 0 heterocycles. The molecular formula is C25H72. The summed E-state index contributed by atoms with van der Waals surface area (Å²) in [4.78, 5) is 0. The molecule has 0 aliphatic carbocycles. The molecule has 172 valence electrons. The Bertz CT molecular complexity index is 40.0. The summed E-state index contributed by atoms with van der Waals surface area (Å²) in [5, 5.41) is 0. The maximum Gasteiger partial charge on any atom is -0.0533 e. The van der Waals surface area contributed by atoms with E-state index in [1.54, 1.807) is 0 Å². The summed E-state index contributed by atoms with van der Waals surface area (Å²) in [5.41, 5.74) is 0. The molecule has 0 unspecified atom stereocenters. The van der Waals surface area contributed by atoms with Crippen LogP contribution in [0, 0.1) is 0 Å². The SMILES string of the molecule is C.C.C.C.C.CC.CC.CC.CCC.CCC.CCCCCCCC. The molecule has 0 amide bonds. The highest BCUT2D eigenvalue weighted by Crippen LogP contribution is 2.03. The maximum absolute atomic E-state index is 2.26. The first-order chi connectivity index (χ1) is 9.74. The summed E-state index contributed by atoms with van der Waals surface area (Å²) >= 11 is 0. The molecule has 0 aliphatic rings. The van der Waals surface area contributed by atoms with Crippen molar-refractivity contribution < 1.29 is 0 Å². The fourth-order valence-corrected chi connectivity index (χ4v) is 0.854. The standard InChI is InChI=1S/C8H18.2C3H8.3C2H6.5CH4/c1-3-5-7-8-6-4-2;2*1-3-2;3*1-2;;;;;/h3-8H2,1-2H3;2*3H2,1-2H3;3*1-2H3;5*1H4. The Balaban J connectivity index is -0.0000000113. The van der Waals surface area contributed by atoms with Gasteiger partial charge in [0.25, 0.3) is 0 Å². The van der Waals surface area contributed by atoms with Crippen molar-refractivity contribution in [3.8, 4) is 0 Å². The molecule has 0 heteroatoms. The first-order valence-corrected chi connectivity index (χ1v) is 9.74. The quantitative estimate of drug-likeness (QED) is 0.421. The van der Waals surface area contributed by atoms with E-state index in [1.165, 1.54) is 51.4 Å². The van der Waals surface area contributed by atoms with E-state index in [0.29, 0.717) is 0 Å². The zero-order valence-corrected chi connectivity index (χ0v) is 17.7. The average Bonchev–Trinajstić information content (AvgIpc) is 2.52. The van der Waals surface area contributed by atoms with Gasteiger partial charge in [0.05, 0.1) is 0 Å². The van der Waals surface area contributed by atoms with E-state index in [2.05, 4.69) is 41.5 Å². The lowest BCUT2D eigenvalue weighted by Crippen LogP contribution is -1.73. The molecule has 0 saturated heterocycles. The summed E-state index contributed by atoms with van der Waals surface area (Å²) in [6.07, 6.45) is 11.0. The summed E-state index contributed by atoms with van der Waals surface area (Å²) in [6, 6.07) is 0. The van der Waals surface area contributed by atoms with Crippen LogP contribution < -0.4 is 0 Å². The Labute approximate surface area is 172 Å². The molecule has 0 saturated carbocycles. The minimum Gasteiger partial charge on any atom is -0.0776 e. The Morgan fingerprint density at radius 1 is 0.320 bits per heavy atom. The lowest BCUT2D eigenvalue weighted by atomic mass is 10.1. The predicted molar refractivity (Wildman–Crippen MR) is 139 cm³/mol. The maximum atomic E-state index is 2.26. The van der Waals surface area contributed by atoms with Crippen LogP contribution in [0.5, 0.6) is 0 Å². The lowest BCUT2D eigenvalue weighted by Gasteiger charge is -1.93. The second kappa shape index (κ2) is 198. The Kier molecular flexibility index (Phi) is 583. The molecule has 0 aromatic rings. The molecule has 0 N–H and O–H groups in total.